The Labute approximate surface area is 114 Å². The van der Waals surface area contributed by atoms with Gasteiger partial charge in [0.1, 0.15) is 5.69 Å². The number of furan rings is 2. The summed E-state index contributed by atoms with van der Waals surface area (Å²) in [5, 5.41) is 2.73. The highest BCUT2D eigenvalue weighted by atomic mass is 16.3. The summed E-state index contributed by atoms with van der Waals surface area (Å²) in [6, 6.07) is 6.82. The summed E-state index contributed by atoms with van der Waals surface area (Å²) < 4.78 is 10.3. The maximum absolute atomic E-state index is 11.8. The predicted octanol–water partition coefficient (Wildman–Crippen LogP) is 2.26. The third-order valence-corrected chi connectivity index (χ3v) is 2.69. The van der Waals surface area contributed by atoms with Crippen molar-refractivity contribution in [3.8, 4) is 11.5 Å². The monoisotopic (exact) mass is 269 g/mol. The van der Waals surface area contributed by atoms with Crippen molar-refractivity contribution in [2.75, 3.05) is 0 Å². The van der Waals surface area contributed by atoms with Crippen LogP contribution in [0.5, 0.6) is 0 Å². The fraction of sp³-hybridized carbons (Fsp3) is 0.0714. The molecule has 3 rings (SSSR count). The molecule has 3 aromatic heterocycles. The predicted molar refractivity (Wildman–Crippen MR) is 69.6 cm³/mol. The van der Waals surface area contributed by atoms with Crippen molar-refractivity contribution in [3.05, 3.63) is 60.6 Å². The van der Waals surface area contributed by atoms with Crippen molar-refractivity contribution in [1.82, 2.24) is 15.3 Å². The molecule has 0 bridgehead atoms. The van der Waals surface area contributed by atoms with Gasteiger partial charge >= 0.3 is 0 Å². The van der Waals surface area contributed by atoms with Gasteiger partial charge in [-0.25, -0.2) is 4.98 Å². The van der Waals surface area contributed by atoms with Crippen molar-refractivity contribution in [2.45, 2.75) is 6.54 Å². The van der Waals surface area contributed by atoms with Crippen LogP contribution in [-0.2, 0) is 6.54 Å². The van der Waals surface area contributed by atoms with Gasteiger partial charge in [0.25, 0.3) is 5.91 Å². The highest BCUT2D eigenvalue weighted by Crippen LogP contribution is 2.19. The zero-order chi connectivity index (χ0) is 13.8. The molecule has 1 amide bonds. The molecular weight excluding hydrogens is 258 g/mol. The van der Waals surface area contributed by atoms with Gasteiger partial charge in [-0.1, -0.05) is 0 Å². The van der Waals surface area contributed by atoms with E-state index in [0.717, 1.165) is 0 Å². The van der Waals surface area contributed by atoms with Gasteiger partial charge in [0.05, 0.1) is 24.8 Å². The highest BCUT2D eigenvalue weighted by Gasteiger charge is 2.13. The number of aromatic nitrogens is 2. The van der Waals surface area contributed by atoms with Crippen molar-refractivity contribution < 1.29 is 13.6 Å². The van der Waals surface area contributed by atoms with Crippen molar-refractivity contribution >= 4 is 5.91 Å². The van der Waals surface area contributed by atoms with Crippen LogP contribution in [0.3, 0.4) is 0 Å². The molecule has 100 valence electrons. The van der Waals surface area contributed by atoms with E-state index in [1.807, 2.05) is 0 Å². The van der Waals surface area contributed by atoms with Crippen LogP contribution in [0.1, 0.15) is 16.2 Å². The lowest BCUT2D eigenvalue weighted by Gasteiger charge is -2.06. The molecule has 0 unspecified atom stereocenters. The summed E-state index contributed by atoms with van der Waals surface area (Å²) in [7, 11) is 0. The molecule has 0 fully saturated rings. The third kappa shape index (κ3) is 2.44. The number of carbonyl (C=O) groups excluding carboxylic acids is 1. The first-order valence-corrected chi connectivity index (χ1v) is 6.00. The summed E-state index contributed by atoms with van der Waals surface area (Å²) in [5.74, 6) is 0.569. The van der Waals surface area contributed by atoms with Crippen LogP contribution in [0.4, 0.5) is 0 Å². The molecule has 3 heterocycles. The molecule has 20 heavy (non-hydrogen) atoms. The molecule has 0 saturated heterocycles. The fourth-order valence-corrected chi connectivity index (χ4v) is 1.77. The minimum Gasteiger partial charge on any atom is -0.463 e. The number of hydrogen-bond donors (Lipinski definition) is 1. The maximum Gasteiger partial charge on any atom is 0.287 e. The average Bonchev–Trinajstić information content (AvgIpc) is 3.17. The second kappa shape index (κ2) is 5.40. The molecule has 0 spiro atoms. The molecule has 0 aromatic carbocycles. The van der Waals surface area contributed by atoms with Gasteiger partial charge < -0.3 is 14.2 Å². The van der Waals surface area contributed by atoms with Crippen LogP contribution >= 0.6 is 0 Å². The molecule has 0 aliphatic carbocycles. The topological polar surface area (TPSA) is 81.2 Å². The first kappa shape index (κ1) is 12.2. The Morgan fingerprint density at radius 3 is 2.65 bits per heavy atom. The Morgan fingerprint density at radius 2 is 1.90 bits per heavy atom. The zero-order valence-corrected chi connectivity index (χ0v) is 10.4. The van der Waals surface area contributed by atoms with E-state index in [1.54, 1.807) is 42.9 Å². The van der Waals surface area contributed by atoms with E-state index < -0.39 is 0 Å². The van der Waals surface area contributed by atoms with Crippen molar-refractivity contribution in [2.24, 2.45) is 0 Å². The summed E-state index contributed by atoms with van der Waals surface area (Å²) in [4.78, 5) is 20.3. The largest absolute Gasteiger partial charge is 0.463 e. The van der Waals surface area contributed by atoms with E-state index >= 15 is 0 Å². The molecule has 6 heteroatoms. The Morgan fingerprint density at radius 1 is 1.10 bits per heavy atom. The average molecular weight is 269 g/mol. The first-order valence-electron chi connectivity index (χ1n) is 6.00. The Balaban J connectivity index is 1.77. The van der Waals surface area contributed by atoms with Crippen LogP contribution in [0, 0.1) is 0 Å². The van der Waals surface area contributed by atoms with E-state index in [2.05, 4.69) is 15.3 Å². The molecule has 0 aliphatic heterocycles. The smallest absolute Gasteiger partial charge is 0.287 e. The number of carbonyl (C=O) groups is 1. The Kier molecular flexibility index (Phi) is 3.28. The number of hydrogen-bond acceptors (Lipinski definition) is 5. The van der Waals surface area contributed by atoms with Gasteiger partial charge in [-0.05, 0) is 24.3 Å². The molecule has 0 saturated carbocycles. The van der Waals surface area contributed by atoms with Gasteiger partial charge in [-0.2, -0.15) is 0 Å². The van der Waals surface area contributed by atoms with Gasteiger partial charge in [0.15, 0.2) is 11.5 Å². The van der Waals surface area contributed by atoms with Crippen LogP contribution < -0.4 is 5.32 Å². The number of rotatable bonds is 4. The van der Waals surface area contributed by atoms with E-state index in [-0.39, 0.29) is 18.2 Å². The van der Waals surface area contributed by atoms with Gasteiger partial charge in [-0.3, -0.25) is 9.78 Å². The molecule has 0 atom stereocenters. The second-order valence-corrected chi connectivity index (χ2v) is 3.99. The summed E-state index contributed by atoms with van der Waals surface area (Å²) in [5.41, 5.74) is 1.24. The van der Waals surface area contributed by atoms with E-state index in [9.17, 15) is 4.79 Å². The summed E-state index contributed by atoms with van der Waals surface area (Å²) in [6.45, 7) is 0.239. The number of nitrogens with one attached hydrogen (secondary N) is 1. The molecule has 3 aromatic rings. The minimum atomic E-state index is -0.300. The Hall–Kier alpha value is -2.89. The molecule has 0 radical (unpaired) electrons. The lowest BCUT2D eigenvalue weighted by Crippen LogP contribution is -2.23. The lowest BCUT2D eigenvalue weighted by molar-refractivity contribution is 0.0922. The fourth-order valence-electron chi connectivity index (χ4n) is 1.77. The zero-order valence-electron chi connectivity index (χ0n) is 10.4. The van der Waals surface area contributed by atoms with Crippen LogP contribution in [0.2, 0.25) is 0 Å². The van der Waals surface area contributed by atoms with Crippen molar-refractivity contribution in [1.29, 1.82) is 0 Å². The quantitative estimate of drug-likeness (QED) is 0.785. The van der Waals surface area contributed by atoms with Crippen LogP contribution in [0.25, 0.3) is 11.5 Å². The lowest BCUT2D eigenvalue weighted by atomic mass is 10.2. The molecule has 0 aliphatic rings. The molecule has 1 N–H and O–H groups in total. The van der Waals surface area contributed by atoms with Crippen LogP contribution in [0.15, 0.2) is 58.0 Å². The van der Waals surface area contributed by atoms with Crippen molar-refractivity contribution in [3.63, 3.8) is 0 Å². The summed E-state index contributed by atoms with van der Waals surface area (Å²) in [6.07, 6.45) is 6.16. The molecular formula is C14H11N3O3. The standard InChI is InChI=1S/C14H11N3O3/c18-14(12-4-2-8-20-12)17-9-10-13(16-6-5-15-10)11-3-1-7-19-11/h1-8H,9H2,(H,17,18). The van der Waals surface area contributed by atoms with E-state index in [4.69, 9.17) is 8.83 Å². The summed E-state index contributed by atoms with van der Waals surface area (Å²) >= 11 is 0. The van der Waals surface area contributed by atoms with Gasteiger partial charge in [0, 0.05) is 12.4 Å². The second-order valence-electron chi connectivity index (χ2n) is 3.99. The molecule has 6 nitrogen and oxygen atoms in total. The Bertz CT molecular complexity index is 690. The van der Waals surface area contributed by atoms with E-state index in [0.29, 0.717) is 17.1 Å². The maximum atomic E-state index is 11.8. The number of amides is 1. The minimum absolute atomic E-state index is 0.239. The normalized spacial score (nSPS) is 10.4. The highest BCUT2D eigenvalue weighted by molar-refractivity contribution is 5.91. The van der Waals surface area contributed by atoms with Gasteiger partial charge in [-0.15, -0.1) is 0 Å². The van der Waals surface area contributed by atoms with Crippen LogP contribution in [-0.4, -0.2) is 15.9 Å². The van der Waals surface area contributed by atoms with E-state index in [1.165, 1.54) is 6.26 Å². The van der Waals surface area contributed by atoms with Gasteiger partial charge in [0.2, 0.25) is 0 Å². The first-order chi connectivity index (χ1) is 9.84. The number of nitrogens with zero attached hydrogens (tertiary/aromatic N) is 2. The SMILES string of the molecule is O=C(NCc1nccnc1-c1ccco1)c1ccco1. The third-order valence-electron chi connectivity index (χ3n) is 2.69.